The lowest BCUT2D eigenvalue weighted by molar-refractivity contribution is -0.385. The number of nitro benzene ring substituents is 1. The fraction of sp³-hybridized carbons (Fsp3) is 0.533. The van der Waals surface area contributed by atoms with E-state index in [1.807, 2.05) is 0 Å². The molecule has 0 spiro atoms. The molecule has 0 bridgehead atoms. The van der Waals surface area contributed by atoms with Gasteiger partial charge in [-0.15, -0.1) is 0 Å². The van der Waals surface area contributed by atoms with E-state index < -0.39 is 4.92 Å². The van der Waals surface area contributed by atoms with Crippen molar-refractivity contribution < 1.29 is 9.72 Å². The van der Waals surface area contributed by atoms with Crippen molar-refractivity contribution >= 4 is 23.1 Å². The van der Waals surface area contributed by atoms with E-state index >= 15 is 0 Å². The number of hydrogen-bond donors (Lipinski definition) is 0. The maximum Gasteiger partial charge on any atom is 0.274 e. The van der Waals surface area contributed by atoms with E-state index in [-0.39, 0.29) is 17.4 Å². The molecule has 1 fully saturated rings. The molecule has 1 aliphatic rings. The maximum absolute atomic E-state index is 12.0. The lowest BCUT2D eigenvalue weighted by atomic mass is 9.76. The molecule has 4 nitrogen and oxygen atoms in total. The van der Waals surface area contributed by atoms with Gasteiger partial charge in [0.2, 0.25) is 0 Å². The van der Waals surface area contributed by atoms with E-state index in [0.29, 0.717) is 29.3 Å². The van der Waals surface area contributed by atoms with Gasteiger partial charge >= 0.3 is 0 Å². The van der Waals surface area contributed by atoms with Gasteiger partial charge in [0.25, 0.3) is 5.69 Å². The second-order valence-corrected chi connectivity index (χ2v) is 5.82. The highest BCUT2D eigenvalue weighted by molar-refractivity contribution is 6.31. The molecule has 0 aromatic heterocycles. The van der Waals surface area contributed by atoms with Crippen molar-refractivity contribution in [2.24, 2.45) is 11.8 Å². The molecule has 0 radical (unpaired) electrons. The second-order valence-electron chi connectivity index (χ2n) is 5.41. The van der Waals surface area contributed by atoms with Crippen LogP contribution in [0.25, 0.3) is 0 Å². The standard InChI is InChI=1S/C15H18ClNO3/c1-2-10-6-7-15(18)11(8-10)9-12-13(16)4-3-5-14(12)17(19)20/h3-5,10-11H,2,6-9H2,1H3. The topological polar surface area (TPSA) is 60.2 Å². The SMILES string of the molecule is CCC1CCC(=O)C(Cc2c(Cl)cccc2[N+](=O)[O-])C1. The van der Waals surface area contributed by atoms with Crippen LogP contribution in [0.1, 0.15) is 38.2 Å². The van der Waals surface area contributed by atoms with E-state index in [4.69, 9.17) is 11.6 Å². The highest BCUT2D eigenvalue weighted by Crippen LogP contribution is 2.35. The first kappa shape index (κ1) is 15.0. The summed E-state index contributed by atoms with van der Waals surface area (Å²) in [7, 11) is 0. The number of Topliss-reactive ketones (excluding diaryl/α,β-unsaturated/α-hetero) is 1. The third kappa shape index (κ3) is 3.18. The molecule has 1 aromatic carbocycles. The van der Waals surface area contributed by atoms with Crippen LogP contribution >= 0.6 is 11.6 Å². The molecule has 2 rings (SSSR count). The summed E-state index contributed by atoms with van der Waals surface area (Å²) in [5, 5.41) is 11.5. The van der Waals surface area contributed by atoms with Gasteiger partial charge in [-0.25, -0.2) is 0 Å². The van der Waals surface area contributed by atoms with Crippen LogP contribution in [0.5, 0.6) is 0 Å². The van der Waals surface area contributed by atoms with Crippen LogP contribution in [0.4, 0.5) is 5.69 Å². The molecule has 0 N–H and O–H groups in total. The molecule has 0 saturated heterocycles. The quantitative estimate of drug-likeness (QED) is 0.618. The van der Waals surface area contributed by atoms with Crippen molar-refractivity contribution in [3.63, 3.8) is 0 Å². The summed E-state index contributed by atoms with van der Waals surface area (Å²) in [6.07, 6.45) is 3.77. The lowest BCUT2D eigenvalue weighted by Gasteiger charge is -2.27. The zero-order chi connectivity index (χ0) is 14.7. The summed E-state index contributed by atoms with van der Waals surface area (Å²) in [5.74, 6) is 0.621. The molecule has 0 aliphatic heterocycles. The van der Waals surface area contributed by atoms with Gasteiger partial charge in [-0.05, 0) is 31.2 Å². The molecular weight excluding hydrogens is 278 g/mol. The van der Waals surface area contributed by atoms with E-state index in [2.05, 4.69) is 6.92 Å². The van der Waals surface area contributed by atoms with Crippen LogP contribution in [0.3, 0.4) is 0 Å². The largest absolute Gasteiger partial charge is 0.299 e. The van der Waals surface area contributed by atoms with Crippen LogP contribution < -0.4 is 0 Å². The maximum atomic E-state index is 12.0. The first-order chi connectivity index (χ1) is 9.52. The first-order valence-corrected chi connectivity index (χ1v) is 7.35. The van der Waals surface area contributed by atoms with Gasteiger partial charge < -0.3 is 0 Å². The van der Waals surface area contributed by atoms with Gasteiger partial charge in [0, 0.05) is 24.0 Å². The summed E-state index contributed by atoms with van der Waals surface area (Å²) in [6.45, 7) is 2.12. The van der Waals surface area contributed by atoms with Gasteiger partial charge in [0.15, 0.2) is 0 Å². The molecule has 0 heterocycles. The van der Waals surface area contributed by atoms with Crippen LogP contribution in [-0.4, -0.2) is 10.7 Å². The third-order valence-corrected chi connectivity index (χ3v) is 4.54. The number of nitro groups is 1. The summed E-state index contributed by atoms with van der Waals surface area (Å²) >= 11 is 6.09. The summed E-state index contributed by atoms with van der Waals surface area (Å²) in [5.41, 5.74) is 0.512. The zero-order valence-corrected chi connectivity index (χ0v) is 12.2. The van der Waals surface area contributed by atoms with Gasteiger partial charge in [0.1, 0.15) is 5.78 Å². The molecule has 1 aromatic rings. The highest BCUT2D eigenvalue weighted by Gasteiger charge is 2.30. The minimum absolute atomic E-state index is 0.0175. The normalized spacial score (nSPS) is 22.8. The summed E-state index contributed by atoms with van der Waals surface area (Å²) in [6, 6.07) is 4.67. The molecule has 20 heavy (non-hydrogen) atoms. The van der Waals surface area contributed by atoms with Crippen molar-refractivity contribution in [1.82, 2.24) is 0 Å². The lowest BCUT2D eigenvalue weighted by Crippen LogP contribution is -2.26. The number of halogens is 1. The highest BCUT2D eigenvalue weighted by atomic mass is 35.5. The van der Waals surface area contributed by atoms with Crippen LogP contribution in [0.2, 0.25) is 5.02 Å². The van der Waals surface area contributed by atoms with E-state index in [9.17, 15) is 14.9 Å². The van der Waals surface area contributed by atoms with Gasteiger partial charge in [-0.2, -0.15) is 0 Å². The molecule has 108 valence electrons. The Morgan fingerprint density at radius 3 is 2.85 bits per heavy atom. The van der Waals surface area contributed by atoms with Crippen molar-refractivity contribution in [2.75, 3.05) is 0 Å². The molecule has 2 atom stereocenters. The number of carbonyl (C=O) groups excluding carboxylic acids is 1. The summed E-state index contributed by atoms with van der Waals surface area (Å²) < 4.78 is 0. The second kappa shape index (κ2) is 6.35. The van der Waals surface area contributed by atoms with E-state index in [1.54, 1.807) is 12.1 Å². The monoisotopic (exact) mass is 295 g/mol. The van der Waals surface area contributed by atoms with Crippen molar-refractivity contribution in [3.05, 3.63) is 38.9 Å². The number of rotatable bonds is 4. The first-order valence-electron chi connectivity index (χ1n) is 6.97. The van der Waals surface area contributed by atoms with Crippen molar-refractivity contribution in [1.29, 1.82) is 0 Å². The molecular formula is C15H18ClNO3. The Kier molecular flexibility index (Phi) is 4.76. The number of nitrogens with zero attached hydrogens (tertiary/aromatic N) is 1. The third-order valence-electron chi connectivity index (χ3n) is 4.19. The Morgan fingerprint density at radius 2 is 2.20 bits per heavy atom. The number of carbonyl (C=O) groups is 1. The molecule has 1 aliphatic carbocycles. The zero-order valence-electron chi connectivity index (χ0n) is 11.5. The fourth-order valence-electron chi connectivity index (χ4n) is 2.94. The van der Waals surface area contributed by atoms with Gasteiger partial charge in [-0.1, -0.05) is 31.0 Å². The van der Waals surface area contributed by atoms with E-state index in [1.165, 1.54) is 6.07 Å². The average molecular weight is 296 g/mol. The number of hydrogen-bond acceptors (Lipinski definition) is 3. The summed E-state index contributed by atoms with van der Waals surface area (Å²) in [4.78, 5) is 22.7. The predicted molar refractivity (Wildman–Crippen MR) is 77.9 cm³/mol. The Labute approximate surface area is 123 Å². The molecule has 0 amide bonds. The van der Waals surface area contributed by atoms with Crippen LogP contribution in [0, 0.1) is 22.0 Å². The van der Waals surface area contributed by atoms with Crippen molar-refractivity contribution in [2.45, 2.75) is 39.0 Å². The Morgan fingerprint density at radius 1 is 1.45 bits per heavy atom. The number of benzene rings is 1. The molecule has 1 saturated carbocycles. The van der Waals surface area contributed by atoms with E-state index in [0.717, 1.165) is 19.3 Å². The smallest absolute Gasteiger partial charge is 0.274 e. The Bertz CT molecular complexity index is 530. The van der Waals surface area contributed by atoms with Gasteiger partial charge in [-0.3, -0.25) is 14.9 Å². The van der Waals surface area contributed by atoms with Gasteiger partial charge in [0.05, 0.1) is 9.95 Å². The van der Waals surface area contributed by atoms with Crippen LogP contribution in [-0.2, 0) is 11.2 Å². The predicted octanol–water partition coefficient (Wildman–Crippen LogP) is 4.19. The number of ketones is 1. The Hall–Kier alpha value is -1.42. The minimum Gasteiger partial charge on any atom is -0.299 e. The minimum atomic E-state index is -0.425. The van der Waals surface area contributed by atoms with Crippen LogP contribution in [0.15, 0.2) is 18.2 Å². The average Bonchev–Trinajstić information content (AvgIpc) is 2.43. The van der Waals surface area contributed by atoms with Crippen molar-refractivity contribution in [3.8, 4) is 0 Å². The molecule has 5 heteroatoms. The molecule has 2 unspecified atom stereocenters. The fourth-order valence-corrected chi connectivity index (χ4v) is 3.18. The Balaban J connectivity index is 2.24.